The lowest BCUT2D eigenvalue weighted by Crippen LogP contribution is -2.23. The Kier molecular flexibility index (Phi) is 8.53. The summed E-state index contributed by atoms with van der Waals surface area (Å²) in [4.78, 5) is 8.60. The fraction of sp³-hybridized carbons (Fsp3) is 0.333. The molecule has 6 heteroatoms. The number of pyridine rings is 1. The van der Waals surface area contributed by atoms with E-state index in [-0.39, 0.29) is 30.1 Å². The van der Waals surface area contributed by atoms with E-state index in [0.29, 0.717) is 12.5 Å². The van der Waals surface area contributed by atoms with Crippen molar-refractivity contribution in [2.75, 3.05) is 11.9 Å². The molecule has 3 N–H and O–H groups in total. The van der Waals surface area contributed by atoms with Gasteiger partial charge in [-0.1, -0.05) is 6.07 Å². The van der Waals surface area contributed by atoms with Crippen molar-refractivity contribution in [3.05, 3.63) is 53.9 Å². The lowest BCUT2D eigenvalue weighted by Gasteiger charge is -2.11. The summed E-state index contributed by atoms with van der Waals surface area (Å²) in [5, 5.41) is 3.07. The topological polar surface area (TPSA) is 72.5 Å². The van der Waals surface area contributed by atoms with E-state index in [1.54, 1.807) is 0 Å². The minimum absolute atomic E-state index is 0. The maximum absolute atomic E-state index is 5.90. The van der Waals surface area contributed by atoms with E-state index in [4.69, 9.17) is 10.5 Å². The van der Waals surface area contributed by atoms with Crippen molar-refractivity contribution in [2.45, 2.75) is 33.3 Å². The van der Waals surface area contributed by atoms with Gasteiger partial charge in [0.2, 0.25) is 0 Å². The average Bonchev–Trinajstić information content (AvgIpc) is 2.51. The van der Waals surface area contributed by atoms with E-state index in [1.807, 2.05) is 57.3 Å². The maximum Gasteiger partial charge on any atom is 0.193 e. The third-order valence-electron chi connectivity index (χ3n) is 3.15. The minimum atomic E-state index is 0. The van der Waals surface area contributed by atoms with Crippen LogP contribution in [0.15, 0.2) is 47.6 Å². The smallest absolute Gasteiger partial charge is 0.193 e. The highest BCUT2D eigenvalue weighted by atomic mass is 127. The number of anilines is 1. The second-order valence-electron chi connectivity index (χ2n) is 5.64. The molecule has 0 fully saturated rings. The van der Waals surface area contributed by atoms with Gasteiger partial charge in [0.1, 0.15) is 5.75 Å². The number of benzene rings is 1. The Morgan fingerprint density at radius 3 is 2.50 bits per heavy atom. The van der Waals surface area contributed by atoms with Crippen LogP contribution in [0.3, 0.4) is 0 Å². The lowest BCUT2D eigenvalue weighted by molar-refractivity contribution is 0.242. The summed E-state index contributed by atoms with van der Waals surface area (Å²) in [6.45, 7) is 6.60. The van der Waals surface area contributed by atoms with Crippen molar-refractivity contribution in [3.63, 3.8) is 0 Å². The van der Waals surface area contributed by atoms with Gasteiger partial charge >= 0.3 is 0 Å². The van der Waals surface area contributed by atoms with E-state index in [2.05, 4.69) is 21.4 Å². The van der Waals surface area contributed by atoms with Crippen molar-refractivity contribution < 1.29 is 4.74 Å². The number of nitrogens with zero attached hydrogens (tertiary/aromatic N) is 2. The van der Waals surface area contributed by atoms with Crippen molar-refractivity contribution in [2.24, 2.45) is 10.7 Å². The molecular weight excluding hydrogens is 415 g/mol. The van der Waals surface area contributed by atoms with Crippen LogP contribution < -0.4 is 15.8 Å². The predicted octanol–water partition coefficient (Wildman–Crippen LogP) is 3.76. The fourth-order valence-corrected chi connectivity index (χ4v) is 2.03. The van der Waals surface area contributed by atoms with Gasteiger partial charge in [0.05, 0.1) is 6.10 Å². The average molecular weight is 440 g/mol. The zero-order valence-corrected chi connectivity index (χ0v) is 16.7. The summed E-state index contributed by atoms with van der Waals surface area (Å²) in [6, 6.07) is 11.7. The van der Waals surface area contributed by atoms with Crippen LogP contribution in [-0.2, 0) is 6.42 Å². The largest absolute Gasteiger partial charge is 0.491 e. The van der Waals surface area contributed by atoms with E-state index in [1.165, 1.54) is 0 Å². The SMILES string of the molecule is Cc1ccc(CCN=C(N)Nc2ccc(OC(C)C)cc2)cn1.I. The lowest BCUT2D eigenvalue weighted by atomic mass is 10.2. The first-order valence-corrected chi connectivity index (χ1v) is 7.78. The molecule has 130 valence electrons. The van der Waals surface area contributed by atoms with Crippen molar-refractivity contribution in [3.8, 4) is 5.75 Å². The van der Waals surface area contributed by atoms with Gasteiger partial charge in [-0.2, -0.15) is 0 Å². The number of guanidine groups is 1. The Morgan fingerprint density at radius 2 is 1.92 bits per heavy atom. The van der Waals surface area contributed by atoms with Gasteiger partial charge in [0.25, 0.3) is 0 Å². The fourth-order valence-electron chi connectivity index (χ4n) is 2.03. The van der Waals surface area contributed by atoms with Crippen molar-refractivity contribution >= 4 is 35.6 Å². The molecule has 0 saturated carbocycles. The summed E-state index contributed by atoms with van der Waals surface area (Å²) in [7, 11) is 0. The van der Waals surface area contributed by atoms with Crippen LogP contribution in [0.5, 0.6) is 5.75 Å². The van der Waals surface area contributed by atoms with Crippen LogP contribution in [0.2, 0.25) is 0 Å². The van der Waals surface area contributed by atoms with E-state index >= 15 is 0 Å². The number of nitrogens with one attached hydrogen (secondary N) is 1. The van der Waals surface area contributed by atoms with Gasteiger partial charge in [-0.25, -0.2) is 0 Å². The van der Waals surface area contributed by atoms with Gasteiger partial charge in [-0.3, -0.25) is 9.98 Å². The van der Waals surface area contributed by atoms with Crippen molar-refractivity contribution in [1.29, 1.82) is 0 Å². The molecule has 0 radical (unpaired) electrons. The number of halogens is 1. The van der Waals surface area contributed by atoms with Crippen molar-refractivity contribution in [1.82, 2.24) is 4.98 Å². The molecule has 0 unspecified atom stereocenters. The molecule has 0 aliphatic rings. The number of aryl methyl sites for hydroxylation is 1. The summed E-state index contributed by atoms with van der Waals surface area (Å²) >= 11 is 0. The highest BCUT2D eigenvalue weighted by Crippen LogP contribution is 2.16. The third kappa shape index (κ3) is 7.16. The second kappa shape index (κ2) is 10.1. The molecule has 0 bridgehead atoms. The molecule has 2 aromatic rings. The zero-order valence-electron chi connectivity index (χ0n) is 14.3. The molecule has 5 nitrogen and oxygen atoms in total. The number of rotatable bonds is 6. The van der Waals surface area contributed by atoms with Gasteiger partial charge in [-0.05, 0) is 63.1 Å². The molecule has 0 aliphatic heterocycles. The Morgan fingerprint density at radius 1 is 1.21 bits per heavy atom. The van der Waals surface area contributed by atoms with E-state index in [9.17, 15) is 0 Å². The standard InChI is InChI=1S/C18H24N4O.HI/c1-13(2)23-17-8-6-16(7-9-17)22-18(19)20-11-10-15-5-4-14(3)21-12-15;/h4-9,12-13H,10-11H2,1-3H3,(H3,19,20,22);1H. The van der Waals surface area contributed by atoms with Crippen LogP contribution in [0, 0.1) is 6.92 Å². The molecule has 24 heavy (non-hydrogen) atoms. The molecule has 0 spiro atoms. The highest BCUT2D eigenvalue weighted by Gasteiger charge is 1.99. The Hall–Kier alpha value is -1.83. The molecule has 2 rings (SSSR count). The van der Waals surface area contributed by atoms with E-state index in [0.717, 1.165) is 29.1 Å². The third-order valence-corrected chi connectivity index (χ3v) is 3.15. The number of aromatic nitrogens is 1. The number of hydrogen-bond donors (Lipinski definition) is 2. The highest BCUT2D eigenvalue weighted by molar-refractivity contribution is 14.0. The van der Waals surface area contributed by atoms with Gasteiger partial charge in [-0.15, -0.1) is 24.0 Å². The Labute approximate surface area is 160 Å². The molecule has 0 aliphatic carbocycles. The molecule has 1 aromatic carbocycles. The number of hydrogen-bond acceptors (Lipinski definition) is 3. The van der Waals surface area contributed by atoms with Crippen LogP contribution >= 0.6 is 24.0 Å². The summed E-state index contributed by atoms with van der Waals surface area (Å²) in [6.07, 6.45) is 2.86. The summed E-state index contributed by atoms with van der Waals surface area (Å²) in [5.41, 5.74) is 8.96. The Balaban J connectivity index is 0.00000288. The molecule has 1 heterocycles. The first-order chi connectivity index (χ1) is 11.0. The maximum atomic E-state index is 5.90. The van der Waals surface area contributed by atoms with Gasteiger partial charge in [0, 0.05) is 24.1 Å². The van der Waals surface area contributed by atoms with Crippen LogP contribution in [0.25, 0.3) is 0 Å². The minimum Gasteiger partial charge on any atom is -0.491 e. The molecule has 0 atom stereocenters. The van der Waals surface area contributed by atoms with E-state index < -0.39 is 0 Å². The zero-order chi connectivity index (χ0) is 16.7. The first kappa shape index (κ1) is 20.2. The molecular formula is C18H25IN4O. The quantitative estimate of drug-likeness (QED) is 0.408. The van der Waals surface area contributed by atoms with Gasteiger partial charge < -0.3 is 15.8 Å². The summed E-state index contributed by atoms with van der Waals surface area (Å²) in [5.74, 6) is 1.25. The number of nitrogens with two attached hydrogens (primary N) is 1. The van der Waals surface area contributed by atoms with Crippen LogP contribution in [-0.4, -0.2) is 23.6 Å². The first-order valence-electron chi connectivity index (χ1n) is 7.78. The van der Waals surface area contributed by atoms with Gasteiger partial charge in [0.15, 0.2) is 5.96 Å². The predicted molar refractivity (Wildman–Crippen MR) is 110 cm³/mol. The molecule has 0 saturated heterocycles. The second-order valence-corrected chi connectivity index (χ2v) is 5.64. The monoisotopic (exact) mass is 440 g/mol. The van der Waals surface area contributed by atoms with Crippen LogP contribution in [0.1, 0.15) is 25.1 Å². The van der Waals surface area contributed by atoms with Crippen LogP contribution in [0.4, 0.5) is 5.69 Å². The summed E-state index contributed by atoms with van der Waals surface area (Å²) < 4.78 is 5.60. The number of aliphatic imine (C=N–C) groups is 1. The number of ether oxygens (including phenoxy) is 1. The Bertz CT molecular complexity index is 639. The normalized spacial score (nSPS) is 11.1. The molecule has 0 amide bonds. The molecule has 1 aromatic heterocycles.